The third-order valence-corrected chi connectivity index (χ3v) is 3.89. The zero-order valence-electron chi connectivity index (χ0n) is 8.90. The number of hydrogen-bond donors (Lipinski definition) is 1. The lowest BCUT2D eigenvalue weighted by Crippen LogP contribution is -2.40. The maximum Gasteiger partial charge on any atom is 0.424 e. The Morgan fingerprint density at radius 2 is 1.93 bits per heavy atom. The number of aromatic carboxylic acids is 1. The summed E-state index contributed by atoms with van der Waals surface area (Å²) in [6, 6.07) is 5.13. The lowest BCUT2D eigenvalue weighted by Gasteiger charge is -2.14. The molecule has 0 bridgehead atoms. The summed E-state index contributed by atoms with van der Waals surface area (Å²) in [5.41, 5.74) is 1.14. The van der Waals surface area contributed by atoms with Gasteiger partial charge in [0.05, 0.1) is 5.56 Å². The predicted octanol–water partition coefficient (Wildman–Crippen LogP) is 0.681. The topological polar surface area (TPSA) is 55.8 Å². The van der Waals surface area contributed by atoms with E-state index in [-0.39, 0.29) is 5.56 Å². The average Bonchev–Trinajstić information content (AvgIpc) is 2.21. The molecule has 0 saturated carbocycles. The molecule has 1 N–H and O–H groups in total. The highest BCUT2D eigenvalue weighted by atomic mass is 28.3. The molecule has 0 unspecified atom stereocenters. The molecule has 81 valence electrons. The molecule has 0 spiro atoms. The van der Waals surface area contributed by atoms with E-state index in [2.05, 4.69) is 0 Å². The summed E-state index contributed by atoms with van der Waals surface area (Å²) >= 11 is 0. The molecule has 0 saturated heterocycles. The molecule has 15 heavy (non-hydrogen) atoms. The van der Waals surface area contributed by atoms with Crippen LogP contribution in [-0.4, -0.2) is 34.6 Å². The molecule has 1 aromatic carbocycles. The SMILES string of the molecule is CO[Si](OC)c1c(C)cccc1C(=O)O. The van der Waals surface area contributed by atoms with Crippen molar-refractivity contribution < 1.29 is 18.8 Å². The summed E-state index contributed by atoms with van der Waals surface area (Å²) in [6.45, 7) is 1.85. The largest absolute Gasteiger partial charge is 0.478 e. The molecule has 0 fully saturated rings. The number of carbonyl (C=O) groups is 1. The van der Waals surface area contributed by atoms with Crippen LogP contribution >= 0.6 is 0 Å². The van der Waals surface area contributed by atoms with Crippen LogP contribution in [0.15, 0.2) is 18.2 Å². The van der Waals surface area contributed by atoms with Crippen LogP contribution in [0.1, 0.15) is 15.9 Å². The average molecular weight is 225 g/mol. The fourth-order valence-corrected chi connectivity index (χ4v) is 2.79. The molecule has 5 heteroatoms. The molecule has 1 aromatic rings. The Bertz CT molecular complexity index is 360. The zero-order valence-corrected chi connectivity index (χ0v) is 9.90. The van der Waals surface area contributed by atoms with Crippen molar-refractivity contribution in [1.82, 2.24) is 0 Å². The van der Waals surface area contributed by atoms with Crippen LogP contribution in [0.5, 0.6) is 0 Å². The highest BCUT2D eigenvalue weighted by Gasteiger charge is 2.24. The van der Waals surface area contributed by atoms with Crippen molar-refractivity contribution in [1.29, 1.82) is 0 Å². The Balaban J connectivity index is 3.29. The van der Waals surface area contributed by atoms with Gasteiger partial charge in [0.1, 0.15) is 0 Å². The molecular weight excluding hydrogens is 212 g/mol. The Morgan fingerprint density at radius 1 is 1.33 bits per heavy atom. The molecule has 0 aliphatic carbocycles. The molecule has 0 aliphatic rings. The number of aryl methyl sites for hydroxylation is 1. The van der Waals surface area contributed by atoms with E-state index in [1.54, 1.807) is 12.1 Å². The van der Waals surface area contributed by atoms with E-state index in [4.69, 9.17) is 14.0 Å². The van der Waals surface area contributed by atoms with Gasteiger partial charge in [0.2, 0.25) is 0 Å². The van der Waals surface area contributed by atoms with Crippen LogP contribution in [0, 0.1) is 6.92 Å². The van der Waals surface area contributed by atoms with Crippen LogP contribution in [0.4, 0.5) is 0 Å². The van der Waals surface area contributed by atoms with Crippen molar-refractivity contribution >= 4 is 20.4 Å². The second-order valence-corrected chi connectivity index (χ2v) is 4.89. The number of carboxylic acids is 1. The smallest absolute Gasteiger partial charge is 0.424 e. The van der Waals surface area contributed by atoms with Gasteiger partial charge in [0.15, 0.2) is 0 Å². The Morgan fingerprint density at radius 3 is 2.40 bits per heavy atom. The second kappa shape index (κ2) is 5.06. The quantitative estimate of drug-likeness (QED) is 0.766. The van der Waals surface area contributed by atoms with Crippen molar-refractivity contribution in [2.24, 2.45) is 0 Å². The van der Waals surface area contributed by atoms with E-state index >= 15 is 0 Å². The summed E-state index contributed by atoms with van der Waals surface area (Å²) in [5, 5.41) is 9.70. The molecule has 0 heterocycles. The van der Waals surface area contributed by atoms with Crippen molar-refractivity contribution in [2.75, 3.05) is 14.2 Å². The van der Waals surface area contributed by atoms with Gasteiger partial charge in [-0.3, -0.25) is 0 Å². The van der Waals surface area contributed by atoms with Gasteiger partial charge in [-0.2, -0.15) is 0 Å². The van der Waals surface area contributed by atoms with E-state index in [1.807, 2.05) is 13.0 Å². The lowest BCUT2D eigenvalue weighted by molar-refractivity contribution is 0.0697. The van der Waals surface area contributed by atoms with Gasteiger partial charge < -0.3 is 14.0 Å². The number of carboxylic acid groups (broad SMARTS) is 1. The van der Waals surface area contributed by atoms with Crippen molar-refractivity contribution in [2.45, 2.75) is 6.92 Å². The first-order valence-electron chi connectivity index (χ1n) is 4.40. The Labute approximate surface area is 90.3 Å². The van der Waals surface area contributed by atoms with Crippen molar-refractivity contribution in [3.63, 3.8) is 0 Å². The maximum atomic E-state index is 11.0. The van der Waals surface area contributed by atoms with Gasteiger partial charge in [-0.15, -0.1) is 0 Å². The van der Waals surface area contributed by atoms with E-state index in [0.717, 1.165) is 5.56 Å². The minimum atomic E-state index is -1.69. The summed E-state index contributed by atoms with van der Waals surface area (Å²) in [5.74, 6) is -0.953. The Kier molecular flexibility index (Phi) is 4.02. The first-order chi connectivity index (χ1) is 7.11. The second-order valence-electron chi connectivity index (χ2n) is 3.00. The molecule has 1 rings (SSSR count). The summed E-state index contributed by atoms with van der Waals surface area (Å²) < 4.78 is 10.3. The summed E-state index contributed by atoms with van der Waals surface area (Å²) in [6.07, 6.45) is 0. The fourth-order valence-electron chi connectivity index (χ4n) is 1.40. The van der Waals surface area contributed by atoms with E-state index in [9.17, 15) is 4.79 Å². The van der Waals surface area contributed by atoms with Crippen LogP contribution in [0.2, 0.25) is 0 Å². The van der Waals surface area contributed by atoms with Gasteiger partial charge >= 0.3 is 15.3 Å². The molecule has 0 aliphatic heterocycles. The van der Waals surface area contributed by atoms with Crippen LogP contribution < -0.4 is 5.19 Å². The third-order valence-electron chi connectivity index (χ3n) is 2.08. The van der Waals surface area contributed by atoms with Gasteiger partial charge in [0.25, 0.3) is 0 Å². The minimum Gasteiger partial charge on any atom is -0.478 e. The lowest BCUT2D eigenvalue weighted by atomic mass is 10.1. The molecule has 0 amide bonds. The van der Waals surface area contributed by atoms with E-state index in [1.165, 1.54) is 14.2 Å². The predicted molar refractivity (Wildman–Crippen MR) is 57.5 cm³/mol. The Hall–Kier alpha value is -1.17. The third kappa shape index (κ3) is 2.44. The van der Waals surface area contributed by atoms with Gasteiger partial charge in [-0.25, -0.2) is 4.79 Å². The first-order valence-corrected chi connectivity index (χ1v) is 5.71. The highest BCUT2D eigenvalue weighted by Crippen LogP contribution is 2.04. The molecule has 0 aromatic heterocycles. The van der Waals surface area contributed by atoms with Crippen LogP contribution in [-0.2, 0) is 8.85 Å². The molecule has 1 radical (unpaired) electrons. The van der Waals surface area contributed by atoms with Crippen LogP contribution in [0.25, 0.3) is 0 Å². The molecule has 4 nitrogen and oxygen atoms in total. The zero-order chi connectivity index (χ0) is 11.4. The minimum absolute atomic E-state index is 0.257. The maximum absolute atomic E-state index is 11.0. The van der Waals surface area contributed by atoms with Gasteiger partial charge in [0, 0.05) is 19.4 Å². The normalized spacial score (nSPS) is 10.7. The monoisotopic (exact) mass is 225 g/mol. The van der Waals surface area contributed by atoms with Crippen molar-refractivity contribution in [3.8, 4) is 0 Å². The van der Waals surface area contributed by atoms with E-state index < -0.39 is 15.3 Å². The van der Waals surface area contributed by atoms with Crippen LogP contribution in [0.3, 0.4) is 0 Å². The van der Waals surface area contributed by atoms with Gasteiger partial charge in [-0.05, 0) is 18.6 Å². The number of benzene rings is 1. The van der Waals surface area contributed by atoms with Crippen molar-refractivity contribution in [3.05, 3.63) is 29.3 Å². The number of hydrogen-bond acceptors (Lipinski definition) is 3. The first kappa shape index (κ1) is 11.9. The molecule has 0 atom stereocenters. The van der Waals surface area contributed by atoms with E-state index in [0.29, 0.717) is 5.19 Å². The number of rotatable bonds is 4. The summed E-state index contributed by atoms with van der Waals surface area (Å²) in [7, 11) is 1.36. The fraction of sp³-hybridized carbons (Fsp3) is 0.300. The molecular formula is C10H13O4Si. The van der Waals surface area contributed by atoms with Gasteiger partial charge in [-0.1, -0.05) is 12.1 Å². The summed E-state index contributed by atoms with van der Waals surface area (Å²) in [4.78, 5) is 11.0. The highest BCUT2D eigenvalue weighted by molar-refractivity contribution is 6.63. The standard InChI is InChI=1S/C10H13O4Si/c1-7-5-4-6-8(10(11)12)9(7)15(13-2)14-3/h4-6H,1-3H3,(H,11,12).